The summed E-state index contributed by atoms with van der Waals surface area (Å²) in [6.07, 6.45) is 14.6. The molecule has 2 aliphatic carbocycles. The number of hydrogen-bond acceptors (Lipinski definition) is 8. The fraction of sp³-hybridized carbons (Fsp3) is 0.394. The molecule has 10 aromatic rings. The lowest BCUT2D eigenvalue weighted by molar-refractivity contribution is 0.0292. The monoisotopic (exact) mass is 1080 g/mol. The van der Waals surface area contributed by atoms with E-state index in [1.54, 1.807) is 26.0 Å². The molecule has 8 heterocycles. The molecular formula is C66H70F2N8O4. The molecule has 14 rings (SSSR count). The van der Waals surface area contributed by atoms with Crippen molar-refractivity contribution >= 4 is 43.9 Å². The highest BCUT2D eigenvalue weighted by Gasteiger charge is 2.45. The molecule has 0 spiro atoms. The topological polar surface area (TPSA) is 130 Å². The van der Waals surface area contributed by atoms with Gasteiger partial charge in [-0.1, -0.05) is 84.9 Å². The normalized spacial score (nSPS) is 18.8. The van der Waals surface area contributed by atoms with Crippen molar-refractivity contribution in [1.82, 2.24) is 38.7 Å². The average molecular weight is 1080 g/mol. The number of hydrogen-bond donors (Lipinski definition) is 2. The molecule has 12 nitrogen and oxygen atoms in total. The van der Waals surface area contributed by atoms with Gasteiger partial charge in [0.15, 0.2) is 11.6 Å². The van der Waals surface area contributed by atoms with Gasteiger partial charge in [0.05, 0.1) is 80.2 Å². The van der Waals surface area contributed by atoms with Crippen LogP contribution in [0.2, 0.25) is 0 Å². The zero-order valence-electron chi connectivity index (χ0n) is 46.5. The molecule has 2 aliphatic heterocycles. The molecule has 0 bridgehead atoms. The van der Waals surface area contributed by atoms with Crippen molar-refractivity contribution in [3.8, 4) is 22.5 Å². The summed E-state index contributed by atoms with van der Waals surface area (Å²) in [4.78, 5) is 9.91. The molecule has 4 aromatic carbocycles. The Kier molecular flexibility index (Phi) is 13.4. The number of aromatic nitrogens is 8. The maximum atomic E-state index is 16.9. The number of pyridine rings is 2. The molecule has 6 aromatic heterocycles. The van der Waals surface area contributed by atoms with E-state index in [2.05, 4.69) is 80.0 Å². The minimum Gasteiger partial charge on any atom is -0.385 e. The van der Waals surface area contributed by atoms with E-state index < -0.39 is 11.2 Å². The molecule has 80 heavy (non-hydrogen) atoms. The Balaban J connectivity index is 0.000000151. The highest BCUT2D eigenvalue weighted by Crippen LogP contribution is 2.51. The fourth-order valence-corrected chi connectivity index (χ4v) is 13.8. The first-order valence-corrected chi connectivity index (χ1v) is 28.7. The number of fused-ring (bicyclic) bond motifs is 6. The minimum atomic E-state index is -1.22. The predicted molar refractivity (Wildman–Crippen MR) is 309 cm³/mol. The standard InChI is InChI=1S/2C33H35FN4O2/c2*1-20-18-36-37(3)30(20)23-17-27-29(35-19-23)25-11-12-26(33(2,39)24-9-10-24)28(34)32(25)38(27)31(21-7-5-4-6-8-21)22-13-15-40-16-14-22/h2*4-8,11-12,17-19,22,24,31,39H,9-10,13-16H2,1-3H3/t31-,33+;31-,33-/m11/s1. The summed E-state index contributed by atoms with van der Waals surface area (Å²) in [5, 5.41) is 33.4. The van der Waals surface area contributed by atoms with Crippen LogP contribution in [0.4, 0.5) is 8.78 Å². The molecule has 0 amide bonds. The highest BCUT2D eigenvalue weighted by molar-refractivity contribution is 6.08. The van der Waals surface area contributed by atoms with E-state index in [9.17, 15) is 10.2 Å². The minimum absolute atomic E-state index is 0.0789. The first-order valence-electron chi connectivity index (χ1n) is 28.7. The van der Waals surface area contributed by atoms with E-state index in [1.807, 2.05) is 86.4 Å². The van der Waals surface area contributed by atoms with Gasteiger partial charge in [-0.2, -0.15) is 10.2 Å². The smallest absolute Gasteiger partial charge is 0.153 e. The third-order valence-electron chi connectivity index (χ3n) is 18.4. The van der Waals surface area contributed by atoms with Gasteiger partial charge < -0.3 is 28.8 Å². The Bertz CT molecular complexity index is 3640. The van der Waals surface area contributed by atoms with Crippen LogP contribution in [0.25, 0.3) is 66.4 Å². The van der Waals surface area contributed by atoms with Crippen LogP contribution >= 0.6 is 0 Å². The summed E-state index contributed by atoms with van der Waals surface area (Å²) in [5.41, 5.74) is 10.9. The molecule has 14 heteroatoms. The van der Waals surface area contributed by atoms with Crippen LogP contribution in [0.5, 0.6) is 0 Å². The SMILES string of the molecule is Cc1cnn(C)c1-c1cnc2c3ccc([C@@](C)(O)C4CC4)c(F)c3n([C@H](c3ccccc3)C3CCOCC3)c2c1.Cc1cnn(C)c1-c1cnc2c3ccc([C@](C)(O)C4CC4)c(F)c3n([C@H](c3ccccc3)C3CCOCC3)c2c1. The molecular weight excluding hydrogens is 1010 g/mol. The van der Waals surface area contributed by atoms with Gasteiger partial charge in [0.2, 0.25) is 0 Å². The van der Waals surface area contributed by atoms with Crippen LogP contribution < -0.4 is 0 Å². The van der Waals surface area contributed by atoms with Crippen molar-refractivity contribution in [2.24, 2.45) is 37.8 Å². The van der Waals surface area contributed by atoms with Gasteiger partial charge >= 0.3 is 0 Å². The Morgan fingerprint density at radius 3 is 1.24 bits per heavy atom. The summed E-state index contributed by atoms with van der Waals surface area (Å²) in [6, 6.07) is 32.3. The molecule has 2 N–H and O–H groups in total. The molecule has 4 fully saturated rings. The van der Waals surface area contributed by atoms with Crippen LogP contribution in [0.3, 0.4) is 0 Å². The first kappa shape index (κ1) is 52.3. The summed E-state index contributed by atoms with van der Waals surface area (Å²) in [7, 11) is 3.87. The van der Waals surface area contributed by atoms with Gasteiger partial charge in [-0.05, 0) is 137 Å². The lowest BCUT2D eigenvalue weighted by Gasteiger charge is -2.33. The molecule has 4 atom stereocenters. The number of halogens is 2. The number of ether oxygens (including phenoxy) is 2. The van der Waals surface area contributed by atoms with Crippen molar-refractivity contribution in [3.63, 3.8) is 0 Å². The lowest BCUT2D eigenvalue weighted by atomic mass is 9.86. The van der Waals surface area contributed by atoms with Crippen molar-refractivity contribution in [2.75, 3.05) is 26.4 Å². The second-order valence-corrected chi connectivity index (χ2v) is 23.6. The fourth-order valence-electron chi connectivity index (χ4n) is 13.8. The van der Waals surface area contributed by atoms with Crippen molar-refractivity contribution in [2.45, 2.75) is 102 Å². The van der Waals surface area contributed by atoms with Crippen LogP contribution in [-0.4, -0.2) is 75.3 Å². The van der Waals surface area contributed by atoms with Gasteiger partial charge in [-0.25, -0.2) is 8.78 Å². The summed E-state index contributed by atoms with van der Waals surface area (Å²) in [5.74, 6) is -0.0316. The first-order chi connectivity index (χ1) is 38.7. The number of benzene rings is 4. The average Bonchev–Trinajstić information content (AvgIpc) is 4.42. The van der Waals surface area contributed by atoms with Gasteiger partial charge in [0.25, 0.3) is 0 Å². The quantitative estimate of drug-likeness (QED) is 0.124. The summed E-state index contributed by atoms with van der Waals surface area (Å²) < 4.78 is 53.5. The Hall–Kier alpha value is -7.10. The number of aliphatic hydroxyl groups is 2. The van der Waals surface area contributed by atoms with Gasteiger partial charge in [0.1, 0.15) is 0 Å². The zero-order valence-corrected chi connectivity index (χ0v) is 46.5. The van der Waals surface area contributed by atoms with E-state index in [0.29, 0.717) is 48.6 Å². The Labute approximate surface area is 465 Å². The molecule has 0 unspecified atom stereocenters. The van der Waals surface area contributed by atoms with Crippen LogP contribution in [-0.2, 0) is 34.8 Å². The Morgan fingerprint density at radius 2 is 0.900 bits per heavy atom. The lowest BCUT2D eigenvalue weighted by Crippen LogP contribution is -2.28. The number of aryl methyl sites for hydroxylation is 4. The molecule has 412 valence electrons. The third kappa shape index (κ3) is 8.94. The molecule has 2 saturated heterocycles. The van der Waals surface area contributed by atoms with Gasteiger partial charge in [0, 0.05) is 85.9 Å². The van der Waals surface area contributed by atoms with Crippen LogP contribution in [0.1, 0.15) is 111 Å². The second kappa shape index (κ2) is 20.5. The maximum Gasteiger partial charge on any atom is 0.153 e. The van der Waals surface area contributed by atoms with E-state index in [-0.39, 0.29) is 47.4 Å². The highest BCUT2D eigenvalue weighted by atomic mass is 19.1. The Morgan fingerprint density at radius 1 is 0.525 bits per heavy atom. The summed E-state index contributed by atoms with van der Waals surface area (Å²) in [6.45, 7) is 10.4. The van der Waals surface area contributed by atoms with Gasteiger partial charge in [-0.15, -0.1) is 0 Å². The second-order valence-electron chi connectivity index (χ2n) is 23.6. The van der Waals surface area contributed by atoms with Crippen LogP contribution in [0, 0.1) is 49.2 Å². The largest absolute Gasteiger partial charge is 0.385 e. The molecule has 2 saturated carbocycles. The number of rotatable bonds is 12. The van der Waals surface area contributed by atoms with Gasteiger partial charge in [-0.3, -0.25) is 19.3 Å². The van der Waals surface area contributed by atoms with E-state index in [4.69, 9.17) is 19.4 Å². The number of nitrogens with zero attached hydrogens (tertiary/aromatic N) is 8. The third-order valence-corrected chi connectivity index (χ3v) is 18.4. The van der Waals surface area contributed by atoms with Crippen molar-refractivity contribution in [1.29, 1.82) is 0 Å². The van der Waals surface area contributed by atoms with Crippen molar-refractivity contribution in [3.05, 3.63) is 167 Å². The maximum absolute atomic E-state index is 16.9. The molecule has 0 radical (unpaired) electrons. The zero-order chi connectivity index (χ0) is 55.2. The van der Waals surface area contributed by atoms with E-state index in [0.717, 1.165) is 129 Å². The van der Waals surface area contributed by atoms with Crippen LogP contribution in [0.15, 0.2) is 122 Å². The predicted octanol–water partition coefficient (Wildman–Crippen LogP) is 13.3. The summed E-state index contributed by atoms with van der Waals surface area (Å²) >= 11 is 0. The van der Waals surface area contributed by atoms with E-state index >= 15 is 8.78 Å². The van der Waals surface area contributed by atoms with E-state index in [1.165, 1.54) is 0 Å². The van der Waals surface area contributed by atoms with Crippen molar-refractivity contribution < 1.29 is 28.5 Å². The molecule has 4 aliphatic rings.